The Morgan fingerprint density at radius 3 is 2.73 bits per heavy atom. The van der Waals surface area contributed by atoms with Gasteiger partial charge in [-0.25, -0.2) is 9.48 Å². The van der Waals surface area contributed by atoms with Gasteiger partial charge in [-0.05, 0) is 38.0 Å². The molecule has 0 radical (unpaired) electrons. The Hall–Kier alpha value is -1.85. The summed E-state index contributed by atoms with van der Waals surface area (Å²) in [5.41, 5.74) is 2.77. The largest absolute Gasteiger partial charge is 0.406 e. The van der Waals surface area contributed by atoms with Crippen LogP contribution in [0.15, 0.2) is 24.3 Å². The Kier molecular flexibility index (Phi) is 5.21. The first-order valence-corrected chi connectivity index (χ1v) is 7.32. The molecule has 0 bridgehead atoms. The Morgan fingerprint density at radius 2 is 2.09 bits per heavy atom. The second-order valence-corrected chi connectivity index (χ2v) is 5.57. The third-order valence-corrected chi connectivity index (χ3v) is 3.76. The minimum absolute atomic E-state index is 0.102. The normalized spacial score (nSPS) is 12.2. The van der Waals surface area contributed by atoms with Gasteiger partial charge in [-0.15, -0.1) is 0 Å². The van der Waals surface area contributed by atoms with Gasteiger partial charge in [0.25, 0.3) is 0 Å². The van der Waals surface area contributed by atoms with Gasteiger partial charge in [-0.1, -0.05) is 23.7 Å². The molecule has 0 aliphatic heterocycles. The molecule has 0 saturated heterocycles. The Morgan fingerprint density at radius 1 is 1.36 bits per heavy atom. The third kappa shape index (κ3) is 3.67. The molecule has 2 aromatic rings. The molecule has 0 aliphatic rings. The molecule has 0 fully saturated rings. The first-order valence-electron chi connectivity index (χ1n) is 6.94. The maximum absolute atomic E-state index is 11.6. The van der Waals surface area contributed by atoms with E-state index >= 15 is 0 Å². The van der Waals surface area contributed by atoms with Crippen molar-refractivity contribution in [1.29, 1.82) is 0 Å². The van der Waals surface area contributed by atoms with Crippen molar-refractivity contribution in [3.05, 3.63) is 46.1 Å². The van der Waals surface area contributed by atoms with Gasteiger partial charge < -0.3 is 9.47 Å². The Bertz CT molecular complexity index is 682. The molecule has 0 aliphatic carbocycles. The van der Waals surface area contributed by atoms with Crippen molar-refractivity contribution >= 4 is 17.6 Å². The Balaban J connectivity index is 2.30. The van der Waals surface area contributed by atoms with Gasteiger partial charge in [0, 0.05) is 18.2 Å². The summed E-state index contributed by atoms with van der Waals surface area (Å²) < 4.78 is 11.8. The van der Waals surface area contributed by atoms with E-state index in [1.54, 1.807) is 10.7 Å². The van der Waals surface area contributed by atoms with E-state index in [1.807, 2.05) is 39.0 Å². The molecule has 0 spiro atoms. The lowest BCUT2D eigenvalue weighted by Gasteiger charge is -2.16. The number of hydrogen-bond donors (Lipinski definition) is 0. The molecule has 22 heavy (non-hydrogen) atoms. The summed E-state index contributed by atoms with van der Waals surface area (Å²) >= 11 is 6.18. The minimum Gasteiger partial charge on any atom is -0.406 e. The molecule has 1 aromatic carbocycles. The zero-order valence-corrected chi connectivity index (χ0v) is 13.8. The fourth-order valence-electron chi connectivity index (χ4n) is 2.12. The molecular weight excluding hydrogens is 304 g/mol. The van der Waals surface area contributed by atoms with Crippen molar-refractivity contribution in [2.24, 2.45) is 0 Å². The molecule has 6 heteroatoms. The van der Waals surface area contributed by atoms with Crippen molar-refractivity contribution in [2.75, 3.05) is 13.7 Å². The van der Waals surface area contributed by atoms with Crippen molar-refractivity contribution in [3.63, 3.8) is 0 Å². The maximum atomic E-state index is 11.6. The summed E-state index contributed by atoms with van der Waals surface area (Å²) in [6.07, 6.45) is 0. The number of nitrogens with zero attached hydrogens (tertiary/aromatic N) is 2. The molecule has 0 saturated carbocycles. The summed E-state index contributed by atoms with van der Waals surface area (Å²) in [7, 11) is 1.45. The number of aryl methyl sites for hydroxylation is 2. The molecular formula is C16H19ClN2O3. The summed E-state index contributed by atoms with van der Waals surface area (Å²) in [4.78, 5) is 11.6. The summed E-state index contributed by atoms with van der Waals surface area (Å²) in [6, 6.07) is 7.46. The van der Waals surface area contributed by atoms with Gasteiger partial charge >= 0.3 is 5.97 Å². The standard InChI is InChI=1S/C16H19ClN2O3/c1-10-5-6-13(8-14(10)17)12(3)19-15(7-11(2)18-19)22-16(20)9-21-4/h5-8,12H,9H2,1-4H3. The van der Waals surface area contributed by atoms with Crippen LogP contribution in [-0.2, 0) is 9.53 Å². The van der Waals surface area contributed by atoms with Gasteiger partial charge in [-0.3, -0.25) is 0 Å². The van der Waals surface area contributed by atoms with E-state index in [-0.39, 0.29) is 12.6 Å². The highest BCUT2D eigenvalue weighted by atomic mass is 35.5. The highest BCUT2D eigenvalue weighted by molar-refractivity contribution is 6.31. The number of carbonyl (C=O) groups is 1. The molecule has 0 amide bonds. The lowest BCUT2D eigenvalue weighted by atomic mass is 10.1. The fraction of sp³-hybridized carbons (Fsp3) is 0.375. The number of benzene rings is 1. The maximum Gasteiger partial charge on any atom is 0.338 e. The van der Waals surface area contributed by atoms with E-state index in [4.69, 9.17) is 21.1 Å². The first kappa shape index (κ1) is 16.5. The predicted octanol–water partition coefficient (Wildman–Crippen LogP) is 3.31. The molecule has 1 aromatic heterocycles. The van der Waals surface area contributed by atoms with Gasteiger partial charge in [0.1, 0.15) is 6.61 Å². The molecule has 5 nitrogen and oxygen atoms in total. The van der Waals surface area contributed by atoms with Crippen LogP contribution in [0.2, 0.25) is 5.02 Å². The SMILES string of the molecule is COCC(=O)Oc1cc(C)nn1C(C)c1ccc(C)c(Cl)c1. The van der Waals surface area contributed by atoms with Gasteiger partial charge in [-0.2, -0.15) is 5.10 Å². The van der Waals surface area contributed by atoms with Crippen LogP contribution in [0, 0.1) is 13.8 Å². The summed E-state index contributed by atoms with van der Waals surface area (Å²) in [6.45, 7) is 5.67. The summed E-state index contributed by atoms with van der Waals surface area (Å²) in [5, 5.41) is 5.11. The third-order valence-electron chi connectivity index (χ3n) is 3.35. The first-order chi connectivity index (χ1) is 10.4. The fourth-order valence-corrected chi connectivity index (χ4v) is 2.31. The smallest absolute Gasteiger partial charge is 0.338 e. The van der Waals surface area contributed by atoms with E-state index in [0.29, 0.717) is 10.9 Å². The monoisotopic (exact) mass is 322 g/mol. The lowest BCUT2D eigenvalue weighted by molar-refractivity contribution is -0.139. The molecule has 118 valence electrons. The number of carbonyl (C=O) groups excluding carboxylic acids is 1. The topological polar surface area (TPSA) is 53.4 Å². The molecule has 1 heterocycles. The van der Waals surface area contributed by atoms with Crippen LogP contribution in [0.3, 0.4) is 0 Å². The average Bonchev–Trinajstić information content (AvgIpc) is 2.82. The van der Waals surface area contributed by atoms with E-state index in [9.17, 15) is 4.79 Å². The number of aromatic nitrogens is 2. The second kappa shape index (κ2) is 6.94. The highest BCUT2D eigenvalue weighted by Crippen LogP contribution is 2.27. The van der Waals surface area contributed by atoms with Crippen LogP contribution in [0.25, 0.3) is 0 Å². The van der Waals surface area contributed by atoms with Crippen molar-refractivity contribution in [1.82, 2.24) is 9.78 Å². The van der Waals surface area contributed by atoms with Gasteiger partial charge in [0.05, 0.1) is 11.7 Å². The van der Waals surface area contributed by atoms with E-state index in [1.165, 1.54) is 7.11 Å². The van der Waals surface area contributed by atoms with Gasteiger partial charge in [0.15, 0.2) is 0 Å². The number of halogens is 1. The second-order valence-electron chi connectivity index (χ2n) is 5.16. The van der Waals surface area contributed by atoms with Crippen molar-refractivity contribution in [3.8, 4) is 5.88 Å². The number of rotatable bonds is 5. The number of esters is 1. The van der Waals surface area contributed by atoms with Crippen LogP contribution in [0.5, 0.6) is 5.88 Å². The van der Waals surface area contributed by atoms with Crippen molar-refractivity contribution in [2.45, 2.75) is 26.8 Å². The van der Waals surface area contributed by atoms with E-state index in [2.05, 4.69) is 5.10 Å². The van der Waals surface area contributed by atoms with E-state index in [0.717, 1.165) is 16.8 Å². The number of methoxy groups -OCH3 is 1. The average molecular weight is 323 g/mol. The molecule has 0 N–H and O–H groups in total. The molecule has 2 rings (SSSR count). The van der Waals surface area contributed by atoms with Crippen LogP contribution in [0.4, 0.5) is 0 Å². The van der Waals surface area contributed by atoms with Crippen molar-refractivity contribution < 1.29 is 14.3 Å². The molecule has 1 unspecified atom stereocenters. The number of hydrogen-bond acceptors (Lipinski definition) is 4. The van der Waals surface area contributed by atoms with E-state index < -0.39 is 5.97 Å². The Labute approximate surface area is 134 Å². The van der Waals surface area contributed by atoms with Crippen LogP contribution in [0.1, 0.15) is 29.8 Å². The van der Waals surface area contributed by atoms with Crippen LogP contribution < -0.4 is 4.74 Å². The molecule has 1 atom stereocenters. The lowest BCUT2D eigenvalue weighted by Crippen LogP contribution is -2.18. The minimum atomic E-state index is -0.460. The zero-order chi connectivity index (χ0) is 16.3. The number of ether oxygens (including phenoxy) is 2. The summed E-state index contributed by atoms with van der Waals surface area (Å²) in [5.74, 6) is -0.0680. The zero-order valence-electron chi connectivity index (χ0n) is 13.1. The quantitative estimate of drug-likeness (QED) is 0.792. The highest BCUT2D eigenvalue weighted by Gasteiger charge is 2.18. The van der Waals surface area contributed by atoms with Gasteiger partial charge in [0.2, 0.25) is 5.88 Å². The van der Waals surface area contributed by atoms with Crippen LogP contribution >= 0.6 is 11.6 Å². The van der Waals surface area contributed by atoms with Crippen LogP contribution in [-0.4, -0.2) is 29.5 Å². The predicted molar refractivity (Wildman–Crippen MR) is 84.5 cm³/mol.